The van der Waals surface area contributed by atoms with E-state index in [1.165, 1.54) is 0 Å². The van der Waals surface area contributed by atoms with Crippen molar-refractivity contribution in [3.8, 4) is 0 Å². The summed E-state index contributed by atoms with van der Waals surface area (Å²) in [5.74, 6) is -0.218. The van der Waals surface area contributed by atoms with Gasteiger partial charge in [-0.15, -0.1) is 13.2 Å². The third-order valence-electron chi connectivity index (χ3n) is 5.14. The van der Waals surface area contributed by atoms with Crippen LogP contribution in [0.3, 0.4) is 0 Å². The molecular weight excluding hydrogens is 400 g/mol. The summed E-state index contributed by atoms with van der Waals surface area (Å²) in [6.45, 7) is 10.6. The molecule has 2 rings (SSSR count). The summed E-state index contributed by atoms with van der Waals surface area (Å²) in [5, 5.41) is 0. The van der Waals surface area contributed by atoms with E-state index in [9.17, 15) is 4.79 Å². The van der Waals surface area contributed by atoms with Gasteiger partial charge in [0, 0.05) is 6.42 Å². The maximum absolute atomic E-state index is 12.5. The van der Waals surface area contributed by atoms with E-state index in [1.54, 1.807) is 6.08 Å². The van der Waals surface area contributed by atoms with E-state index in [-0.39, 0.29) is 5.97 Å². The molecule has 2 aromatic rings. The Morgan fingerprint density at radius 3 is 2.06 bits per heavy atom. The van der Waals surface area contributed by atoms with E-state index in [2.05, 4.69) is 20.1 Å². The van der Waals surface area contributed by atoms with Gasteiger partial charge in [0.05, 0.1) is 13.2 Å². The summed E-state index contributed by atoms with van der Waals surface area (Å²) in [7, 11) is 0. The fourth-order valence-corrected chi connectivity index (χ4v) is 3.44. The van der Waals surface area contributed by atoms with Crippen molar-refractivity contribution in [2.24, 2.45) is 0 Å². The zero-order valence-corrected chi connectivity index (χ0v) is 19.2. The monoisotopic (exact) mass is 436 g/mol. The molecule has 32 heavy (non-hydrogen) atoms. The van der Waals surface area contributed by atoms with Crippen molar-refractivity contribution in [2.45, 2.75) is 70.6 Å². The topological polar surface area (TPSA) is 44.8 Å². The van der Waals surface area contributed by atoms with Crippen molar-refractivity contribution in [2.75, 3.05) is 0 Å². The number of hydrogen-bond acceptors (Lipinski definition) is 4. The van der Waals surface area contributed by atoms with Crippen LogP contribution in [0.5, 0.6) is 0 Å². The predicted molar refractivity (Wildman–Crippen MR) is 129 cm³/mol. The molecular formula is C28H36O4. The van der Waals surface area contributed by atoms with Gasteiger partial charge in [0.1, 0.15) is 18.3 Å². The number of unbranched alkanes of at least 4 members (excludes halogenated alkanes) is 1. The normalized spacial score (nSPS) is 13.7. The molecule has 172 valence electrons. The van der Waals surface area contributed by atoms with E-state index in [4.69, 9.17) is 14.2 Å². The Labute approximate surface area is 192 Å². The van der Waals surface area contributed by atoms with Crippen LogP contribution in [0.2, 0.25) is 0 Å². The molecule has 0 bridgehead atoms. The van der Waals surface area contributed by atoms with Gasteiger partial charge in [-0.2, -0.15) is 0 Å². The highest BCUT2D eigenvalue weighted by Crippen LogP contribution is 2.21. The molecule has 0 spiro atoms. The quantitative estimate of drug-likeness (QED) is 0.173. The zero-order chi connectivity index (χ0) is 23.0. The molecule has 0 unspecified atom stereocenters. The van der Waals surface area contributed by atoms with E-state index in [0.29, 0.717) is 26.1 Å². The Bertz CT molecular complexity index is 788. The Morgan fingerprint density at radius 2 is 1.53 bits per heavy atom. The van der Waals surface area contributed by atoms with Crippen LogP contribution in [0.25, 0.3) is 0 Å². The van der Waals surface area contributed by atoms with Gasteiger partial charge in [-0.1, -0.05) is 86.2 Å². The Kier molecular flexibility index (Phi) is 12.1. The minimum atomic E-state index is -0.459. The molecule has 0 N–H and O–H groups in total. The van der Waals surface area contributed by atoms with Crippen LogP contribution < -0.4 is 0 Å². The second-order valence-electron chi connectivity index (χ2n) is 7.76. The lowest BCUT2D eigenvalue weighted by Crippen LogP contribution is -2.42. The summed E-state index contributed by atoms with van der Waals surface area (Å²) >= 11 is 0. The number of rotatable bonds is 16. The van der Waals surface area contributed by atoms with Gasteiger partial charge in [0.15, 0.2) is 0 Å². The number of ether oxygens (including phenoxy) is 3. The molecule has 4 nitrogen and oxygen atoms in total. The SMILES string of the molecule is C=CCCCC(=O)O[C@H](CCC)[C@@H](OCc1ccccc1)[C@H](C=C)OCc1ccccc1. The minimum Gasteiger partial charge on any atom is -0.459 e. The number of hydrogen-bond donors (Lipinski definition) is 0. The summed E-state index contributed by atoms with van der Waals surface area (Å²) in [5.41, 5.74) is 2.12. The lowest BCUT2D eigenvalue weighted by atomic mass is 10.0. The number of esters is 1. The van der Waals surface area contributed by atoms with Crippen LogP contribution in [0.4, 0.5) is 0 Å². The van der Waals surface area contributed by atoms with Gasteiger partial charge in [0.25, 0.3) is 0 Å². The first-order valence-corrected chi connectivity index (χ1v) is 11.4. The van der Waals surface area contributed by atoms with Crippen LogP contribution in [0.1, 0.15) is 50.2 Å². The second kappa shape index (κ2) is 15.2. The summed E-state index contributed by atoms with van der Waals surface area (Å²) < 4.78 is 18.4. The van der Waals surface area contributed by atoms with Gasteiger partial charge in [-0.05, 0) is 30.4 Å². The molecule has 0 fully saturated rings. The fraction of sp³-hybridized carbons (Fsp3) is 0.393. The van der Waals surface area contributed by atoms with Crippen LogP contribution >= 0.6 is 0 Å². The van der Waals surface area contributed by atoms with E-state index in [0.717, 1.165) is 30.4 Å². The van der Waals surface area contributed by atoms with Crippen LogP contribution in [0.15, 0.2) is 86.0 Å². The first-order chi connectivity index (χ1) is 15.7. The molecule has 0 aliphatic rings. The van der Waals surface area contributed by atoms with Crippen molar-refractivity contribution in [3.63, 3.8) is 0 Å². The van der Waals surface area contributed by atoms with Crippen molar-refractivity contribution in [3.05, 3.63) is 97.1 Å². The standard InChI is InChI=1S/C28H36O4/c1-4-7-10-20-27(29)32-26(15-5-2)28(31-22-24-18-13-9-14-19-24)25(6-3)30-21-23-16-11-8-12-17-23/h4,6,8-9,11-14,16-19,25-26,28H,1,3,5,7,10,15,20-22H2,2H3/t25-,26+,28-/m0/s1. The molecule has 0 radical (unpaired) electrons. The highest BCUT2D eigenvalue weighted by Gasteiger charge is 2.32. The molecule has 2 aromatic carbocycles. The predicted octanol–water partition coefficient (Wildman–Crippen LogP) is 6.41. The zero-order valence-electron chi connectivity index (χ0n) is 19.2. The summed E-state index contributed by atoms with van der Waals surface area (Å²) in [6, 6.07) is 19.9. The maximum atomic E-state index is 12.5. The first-order valence-electron chi connectivity index (χ1n) is 11.4. The number of benzene rings is 2. The first kappa shape index (κ1) is 25.6. The highest BCUT2D eigenvalue weighted by atomic mass is 16.6. The second-order valence-corrected chi connectivity index (χ2v) is 7.76. The van der Waals surface area contributed by atoms with E-state index < -0.39 is 18.3 Å². The third-order valence-corrected chi connectivity index (χ3v) is 5.14. The lowest BCUT2D eigenvalue weighted by Gasteiger charge is -2.32. The number of allylic oxidation sites excluding steroid dienone is 1. The molecule has 0 aliphatic carbocycles. The smallest absolute Gasteiger partial charge is 0.306 e. The molecule has 0 aromatic heterocycles. The summed E-state index contributed by atoms with van der Waals surface area (Å²) in [6.07, 6.45) is 5.68. The van der Waals surface area contributed by atoms with Crippen molar-refractivity contribution in [1.29, 1.82) is 0 Å². The fourth-order valence-electron chi connectivity index (χ4n) is 3.44. The van der Waals surface area contributed by atoms with Gasteiger partial charge in [-0.3, -0.25) is 4.79 Å². The molecule has 0 aliphatic heterocycles. The van der Waals surface area contributed by atoms with Crippen molar-refractivity contribution < 1.29 is 19.0 Å². The van der Waals surface area contributed by atoms with Crippen LogP contribution in [0, 0.1) is 0 Å². The minimum absolute atomic E-state index is 0.218. The number of carbonyl (C=O) groups excluding carboxylic acids is 1. The summed E-state index contributed by atoms with van der Waals surface area (Å²) in [4.78, 5) is 12.5. The van der Waals surface area contributed by atoms with Crippen LogP contribution in [-0.4, -0.2) is 24.3 Å². The maximum Gasteiger partial charge on any atom is 0.306 e. The number of carbonyl (C=O) groups is 1. The Morgan fingerprint density at radius 1 is 0.938 bits per heavy atom. The van der Waals surface area contributed by atoms with E-state index in [1.807, 2.05) is 66.7 Å². The largest absolute Gasteiger partial charge is 0.459 e. The Balaban J connectivity index is 2.14. The molecule has 0 amide bonds. The van der Waals surface area contributed by atoms with Crippen molar-refractivity contribution >= 4 is 5.97 Å². The molecule has 0 heterocycles. The van der Waals surface area contributed by atoms with Gasteiger partial charge in [-0.25, -0.2) is 0 Å². The van der Waals surface area contributed by atoms with E-state index >= 15 is 0 Å². The van der Waals surface area contributed by atoms with Gasteiger partial charge in [0.2, 0.25) is 0 Å². The molecule has 0 saturated heterocycles. The molecule has 4 heteroatoms. The third kappa shape index (κ3) is 9.21. The van der Waals surface area contributed by atoms with Gasteiger partial charge >= 0.3 is 5.97 Å². The molecule has 3 atom stereocenters. The van der Waals surface area contributed by atoms with Crippen molar-refractivity contribution in [1.82, 2.24) is 0 Å². The lowest BCUT2D eigenvalue weighted by molar-refractivity contribution is -0.169. The average Bonchev–Trinajstić information content (AvgIpc) is 2.82. The molecule has 0 saturated carbocycles. The highest BCUT2D eigenvalue weighted by molar-refractivity contribution is 5.69. The van der Waals surface area contributed by atoms with Crippen LogP contribution in [-0.2, 0) is 32.2 Å². The van der Waals surface area contributed by atoms with Gasteiger partial charge < -0.3 is 14.2 Å². The average molecular weight is 437 g/mol. The Hall–Kier alpha value is -2.69.